The van der Waals surface area contributed by atoms with Crippen LogP contribution in [0.3, 0.4) is 0 Å². The zero-order valence-corrected chi connectivity index (χ0v) is 21.7. The number of aromatic nitrogens is 2. The molecule has 3 rings (SSSR count). The van der Waals surface area contributed by atoms with Gasteiger partial charge in [0.25, 0.3) is 0 Å². The SMILES string of the molecule is COc1ccc(CCNc2nccc(-c3cccc(NC(=O)CC(C)N(C)C)c3)n2)cc1OC.Cl. The number of rotatable bonds is 11. The number of hydrogen-bond donors (Lipinski definition) is 2. The van der Waals surface area contributed by atoms with E-state index in [1.165, 1.54) is 0 Å². The summed E-state index contributed by atoms with van der Waals surface area (Å²) in [5.41, 5.74) is 3.55. The summed E-state index contributed by atoms with van der Waals surface area (Å²) in [4.78, 5) is 23.4. The van der Waals surface area contributed by atoms with E-state index in [1.807, 2.05) is 74.4 Å². The average Bonchev–Trinajstić information content (AvgIpc) is 2.84. The largest absolute Gasteiger partial charge is 0.493 e. The highest BCUT2D eigenvalue weighted by Crippen LogP contribution is 2.27. The van der Waals surface area contributed by atoms with Crippen molar-refractivity contribution in [2.75, 3.05) is 45.5 Å². The van der Waals surface area contributed by atoms with Crippen LogP contribution < -0.4 is 20.1 Å². The van der Waals surface area contributed by atoms with Gasteiger partial charge in [0.2, 0.25) is 11.9 Å². The van der Waals surface area contributed by atoms with Gasteiger partial charge in [-0.25, -0.2) is 9.97 Å². The van der Waals surface area contributed by atoms with Gasteiger partial charge in [0, 0.05) is 36.5 Å². The van der Waals surface area contributed by atoms with Crippen molar-refractivity contribution in [3.8, 4) is 22.8 Å². The lowest BCUT2D eigenvalue weighted by atomic mass is 10.1. The molecule has 1 aromatic heterocycles. The lowest BCUT2D eigenvalue weighted by Gasteiger charge is -2.19. The van der Waals surface area contributed by atoms with E-state index in [-0.39, 0.29) is 24.4 Å². The molecule has 0 aliphatic rings. The number of nitrogens with zero attached hydrogens (tertiary/aromatic N) is 3. The molecule has 0 saturated heterocycles. The van der Waals surface area contributed by atoms with Crippen LogP contribution in [0, 0.1) is 0 Å². The van der Waals surface area contributed by atoms with E-state index in [4.69, 9.17) is 9.47 Å². The van der Waals surface area contributed by atoms with Crippen molar-refractivity contribution in [3.05, 3.63) is 60.3 Å². The molecule has 2 N–H and O–H groups in total. The van der Waals surface area contributed by atoms with Crippen LogP contribution in [0.5, 0.6) is 11.5 Å². The molecule has 8 nitrogen and oxygen atoms in total. The molecule has 9 heteroatoms. The number of carbonyl (C=O) groups is 1. The molecule has 0 saturated carbocycles. The number of carbonyl (C=O) groups excluding carboxylic acids is 1. The number of benzene rings is 2. The maximum Gasteiger partial charge on any atom is 0.225 e. The third-order valence-electron chi connectivity index (χ3n) is 5.60. The summed E-state index contributed by atoms with van der Waals surface area (Å²) in [5.74, 6) is 1.95. The summed E-state index contributed by atoms with van der Waals surface area (Å²) in [6, 6.07) is 15.6. The lowest BCUT2D eigenvalue weighted by molar-refractivity contribution is -0.117. The summed E-state index contributed by atoms with van der Waals surface area (Å²) in [5, 5.41) is 6.26. The van der Waals surface area contributed by atoms with Gasteiger partial charge in [-0.15, -0.1) is 12.4 Å². The Morgan fingerprint density at radius 1 is 1.06 bits per heavy atom. The highest BCUT2D eigenvalue weighted by Gasteiger charge is 2.12. The van der Waals surface area contributed by atoms with Gasteiger partial charge in [0.05, 0.1) is 19.9 Å². The maximum absolute atomic E-state index is 12.4. The van der Waals surface area contributed by atoms with E-state index in [1.54, 1.807) is 20.4 Å². The molecule has 1 unspecified atom stereocenters. The van der Waals surface area contributed by atoms with Crippen LogP contribution in [0.15, 0.2) is 54.7 Å². The lowest BCUT2D eigenvalue weighted by Crippen LogP contribution is -2.29. The second kappa shape index (κ2) is 13.5. The zero-order valence-electron chi connectivity index (χ0n) is 20.9. The molecule has 1 heterocycles. The van der Waals surface area contributed by atoms with E-state index >= 15 is 0 Å². The molecule has 0 spiro atoms. The van der Waals surface area contributed by atoms with Gasteiger partial charge in [-0.05, 0) is 63.3 Å². The molecule has 0 radical (unpaired) electrons. The number of nitrogens with one attached hydrogen (secondary N) is 2. The predicted octanol–water partition coefficient (Wildman–Crippen LogP) is 4.52. The Morgan fingerprint density at radius 2 is 1.83 bits per heavy atom. The number of halogens is 1. The van der Waals surface area contributed by atoms with Crippen LogP contribution >= 0.6 is 12.4 Å². The third kappa shape index (κ3) is 8.12. The van der Waals surface area contributed by atoms with Gasteiger partial charge in [-0.3, -0.25) is 4.79 Å². The average molecular weight is 500 g/mol. The van der Waals surface area contributed by atoms with Crippen molar-refractivity contribution < 1.29 is 14.3 Å². The molecule has 35 heavy (non-hydrogen) atoms. The fraction of sp³-hybridized carbons (Fsp3) is 0.346. The smallest absolute Gasteiger partial charge is 0.225 e. The molecule has 0 bridgehead atoms. The minimum absolute atomic E-state index is 0. The standard InChI is InChI=1S/C26H33N5O3.ClH/c1-18(31(2)3)15-25(32)29-21-8-6-7-20(17-21)22-12-14-28-26(30-22)27-13-11-19-9-10-23(33-4)24(16-19)34-5;/h6-10,12,14,16-18H,11,13,15H2,1-5H3,(H,29,32)(H,27,28,30);1H. The highest BCUT2D eigenvalue weighted by atomic mass is 35.5. The second-order valence-electron chi connectivity index (χ2n) is 8.28. The molecule has 0 fully saturated rings. The van der Waals surface area contributed by atoms with Crippen LogP contribution in [-0.2, 0) is 11.2 Å². The topological polar surface area (TPSA) is 88.6 Å². The molecule has 0 aliphatic heterocycles. The Labute approximate surface area is 213 Å². The first-order chi connectivity index (χ1) is 16.4. The molecule has 1 amide bonds. The zero-order chi connectivity index (χ0) is 24.5. The van der Waals surface area contributed by atoms with Crippen LogP contribution in [0.1, 0.15) is 18.9 Å². The van der Waals surface area contributed by atoms with Gasteiger partial charge in [-0.1, -0.05) is 18.2 Å². The van der Waals surface area contributed by atoms with Gasteiger partial charge in [0.1, 0.15) is 0 Å². The summed E-state index contributed by atoms with van der Waals surface area (Å²) in [6.07, 6.45) is 2.94. The van der Waals surface area contributed by atoms with Crippen LogP contribution in [-0.4, -0.2) is 61.7 Å². The van der Waals surface area contributed by atoms with Crippen molar-refractivity contribution in [1.82, 2.24) is 14.9 Å². The van der Waals surface area contributed by atoms with E-state index in [2.05, 4.69) is 20.6 Å². The van der Waals surface area contributed by atoms with Crippen LogP contribution in [0.25, 0.3) is 11.3 Å². The first kappa shape index (κ1) is 27.9. The summed E-state index contributed by atoms with van der Waals surface area (Å²) >= 11 is 0. The fourth-order valence-electron chi connectivity index (χ4n) is 3.38. The molecular formula is C26H34ClN5O3. The van der Waals surface area contributed by atoms with E-state index in [9.17, 15) is 4.79 Å². The maximum atomic E-state index is 12.4. The van der Waals surface area contributed by atoms with Gasteiger partial charge in [-0.2, -0.15) is 0 Å². The Balaban J connectivity index is 0.00000432. The first-order valence-electron chi connectivity index (χ1n) is 11.2. The Bertz CT molecular complexity index is 1110. The van der Waals surface area contributed by atoms with Crippen molar-refractivity contribution in [2.24, 2.45) is 0 Å². The minimum atomic E-state index is -0.0152. The number of amides is 1. The molecule has 1 atom stereocenters. The first-order valence-corrected chi connectivity index (χ1v) is 11.2. The molecule has 0 aliphatic carbocycles. The van der Waals surface area contributed by atoms with Gasteiger partial charge in [0.15, 0.2) is 11.5 Å². The number of anilines is 2. The minimum Gasteiger partial charge on any atom is -0.493 e. The number of methoxy groups -OCH3 is 2. The van der Waals surface area contributed by atoms with Crippen molar-refractivity contribution in [2.45, 2.75) is 25.8 Å². The normalized spacial score (nSPS) is 11.4. The van der Waals surface area contributed by atoms with E-state index in [0.717, 1.165) is 28.9 Å². The van der Waals surface area contributed by atoms with Crippen LogP contribution in [0.4, 0.5) is 11.6 Å². The predicted molar refractivity (Wildman–Crippen MR) is 143 cm³/mol. The Morgan fingerprint density at radius 3 is 2.54 bits per heavy atom. The van der Waals surface area contributed by atoms with Crippen LogP contribution in [0.2, 0.25) is 0 Å². The fourth-order valence-corrected chi connectivity index (χ4v) is 3.38. The summed E-state index contributed by atoms with van der Waals surface area (Å²) in [7, 11) is 7.18. The summed E-state index contributed by atoms with van der Waals surface area (Å²) < 4.78 is 10.7. The Hall–Kier alpha value is -3.36. The number of ether oxygens (including phenoxy) is 2. The quantitative estimate of drug-likeness (QED) is 0.401. The van der Waals surface area contributed by atoms with Crippen molar-refractivity contribution >= 4 is 29.9 Å². The monoisotopic (exact) mass is 499 g/mol. The number of hydrogen-bond acceptors (Lipinski definition) is 7. The third-order valence-corrected chi connectivity index (χ3v) is 5.60. The molecular weight excluding hydrogens is 466 g/mol. The van der Waals surface area contributed by atoms with Crippen molar-refractivity contribution in [1.29, 1.82) is 0 Å². The highest BCUT2D eigenvalue weighted by molar-refractivity contribution is 5.91. The summed E-state index contributed by atoms with van der Waals surface area (Å²) in [6.45, 7) is 2.69. The molecule has 188 valence electrons. The van der Waals surface area contributed by atoms with E-state index in [0.29, 0.717) is 30.4 Å². The molecule has 2 aromatic carbocycles. The van der Waals surface area contributed by atoms with Gasteiger partial charge < -0.3 is 25.0 Å². The Kier molecular flexibility index (Phi) is 10.8. The van der Waals surface area contributed by atoms with Crippen molar-refractivity contribution in [3.63, 3.8) is 0 Å². The van der Waals surface area contributed by atoms with Gasteiger partial charge >= 0.3 is 0 Å². The van der Waals surface area contributed by atoms with E-state index < -0.39 is 0 Å². The second-order valence-corrected chi connectivity index (χ2v) is 8.28. The molecule has 3 aromatic rings.